The zero-order chi connectivity index (χ0) is 36.7. The Morgan fingerprint density at radius 2 is 1.11 bits per heavy atom. The largest absolute Gasteiger partial charge is 0.456 e. The maximum atomic E-state index is 6.74. The lowest BCUT2D eigenvalue weighted by atomic mass is 9.89. The van der Waals surface area contributed by atoms with Crippen LogP contribution >= 0.6 is 11.3 Å². The van der Waals surface area contributed by atoms with Crippen LogP contribution in [0.1, 0.15) is 0 Å². The van der Waals surface area contributed by atoms with Gasteiger partial charge in [-0.2, -0.15) is 0 Å². The highest BCUT2D eigenvalue weighted by atomic mass is 32.1. The van der Waals surface area contributed by atoms with Crippen molar-refractivity contribution in [3.05, 3.63) is 188 Å². The van der Waals surface area contributed by atoms with Crippen LogP contribution in [0.3, 0.4) is 0 Å². The number of rotatable bonds is 5. The van der Waals surface area contributed by atoms with Crippen LogP contribution in [0.5, 0.6) is 11.5 Å². The molecule has 262 valence electrons. The molecule has 0 radical (unpaired) electrons. The summed E-state index contributed by atoms with van der Waals surface area (Å²) >= 11 is 1.84. The minimum Gasteiger partial charge on any atom is -0.456 e. The van der Waals surface area contributed by atoms with E-state index in [4.69, 9.17) is 9.15 Å². The molecule has 9 aromatic carbocycles. The number of para-hydroxylation sites is 1. The van der Waals surface area contributed by atoms with Gasteiger partial charge >= 0.3 is 0 Å². The van der Waals surface area contributed by atoms with Gasteiger partial charge < -0.3 is 14.1 Å². The smallest absolute Gasteiger partial charge is 0.137 e. The molecule has 0 saturated heterocycles. The molecule has 56 heavy (non-hydrogen) atoms. The molecule has 1 aliphatic heterocycles. The van der Waals surface area contributed by atoms with Crippen molar-refractivity contribution < 1.29 is 9.15 Å². The summed E-state index contributed by atoms with van der Waals surface area (Å²) in [5.74, 6) is 1.75. The first-order chi connectivity index (χ1) is 27.7. The lowest BCUT2D eigenvalue weighted by molar-refractivity contribution is 0.487. The maximum Gasteiger partial charge on any atom is 0.137 e. The van der Waals surface area contributed by atoms with Crippen LogP contribution in [0.4, 0.5) is 17.1 Å². The normalized spacial score (nSPS) is 12.1. The Balaban J connectivity index is 1.00. The van der Waals surface area contributed by atoms with E-state index in [-0.39, 0.29) is 0 Å². The van der Waals surface area contributed by atoms with Gasteiger partial charge in [0.15, 0.2) is 0 Å². The van der Waals surface area contributed by atoms with Crippen LogP contribution in [-0.4, -0.2) is 0 Å². The Hall–Kier alpha value is -7.14. The molecule has 0 N–H and O–H groups in total. The topological polar surface area (TPSA) is 25.6 Å². The van der Waals surface area contributed by atoms with Crippen molar-refractivity contribution >= 4 is 81.3 Å². The van der Waals surface area contributed by atoms with Crippen LogP contribution in [0, 0.1) is 0 Å². The molecule has 1 aliphatic rings. The molecule has 0 atom stereocenters. The van der Waals surface area contributed by atoms with Crippen LogP contribution in [0.2, 0.25) is 0 Å². The lowest BCUT2D eigenvalue weighted by Crippen LogP contribution is -2.10. The van der Waals surface area contributed by atoms with Gasteiger partial charge in [-0.1, -0.05) is 121 Å². The van der Waals surface area contributed by atoms with Crippen molar-refractivity contribution in [2.75, 3.05) is 4.90 Å². The summed E-state index contributed by atoms with van der Waals surface area (Å²) in [5, 5.41) is 7.12. The Morgan fingerprint density at radius 1 is 0.393 bits per heavy atom. The average molecular weight is 734 g/mol. The van der Waals surface area contributed by atoms with Crippen LogP contribution < -0.4 is 9.64 Å². The van der Waals surface area contributed by atoms with Gasteiger partial charge in [0.2, 0.25) is 0 Å². The molecule has 0 fully saturated rings. The predicted molar refractivity (Wildman–Crippen MR) is 235 cm³/mol. The molecule has 4 heteroatoms. The third-order valence-electron chi connectivity index (χ3n) is 11.3. The van der Waals surface area contributed by atoms with E-state index in [9.17, 15) is 0 Å². The number of benzene rings is 9. The number of ether oxygens (including phenoxy) is 1. The van der Waals surface area contributed by atoms with Gasteiger partial charge in [-0.25, -0.2) is 0 Å². The number of furan rings is 1. The molecular weight excluding hydrogens is 703 g/mol. The third-order valence-corrected chi connectivity index (χ3v) is 12.5. The van der Waals surface area contributed by atoms with Gasteiger partial charge in [0.25, 0.3) is 0 Å². The van der Waals surface area contributed by atoms with E-state index in [1.54, 1.807) is 0 Å². The summed E-state index contributed by atoms with van der Waals surface area (Å²) < 4.78 is 15.7. The second-order valence-electron chi connectivity index (χ2n) is 14.4. The maximum absolute atomic E-state index is 6.74. The zero-order valence-electron chi connectivity index (χ0n) is 30.1. The number of hydrogen-bond acceptors (Lipinski definition) is 4. The van der Waals surface area contributed by atoms with Crippen molar-refractivity contribution in [2.45, 2.75) is 0 Å². The SMILES string of the molecule is c1ccc(-c2ccc3c4c(cccc24)-c2ccc(-c4cccc(N(c5ccc6c(c5)oc5ccccc56)c5cccc6c5sc5ccccc56)c4)cc2O3)cc1. The fourth-order valence-electron chi connectivity index (χ4n) is 8.69. The van der Waals surface area contributed by atoms with Crippen LogP contribution in [0.15, 0.2) is 192 Å². The summed E-state index contributed by atoms with van der Waals surface area (Å²) in [4.78, 5) is 2.38. The van der Waals surface area contributed by atoms with Crippen molar-refractivity contribution in [3.63, 3.8) is 0 Å². The minimum absolute atomic E-state index is 0.864. The monoisotopic (exact) mass is 733 g/mol. The van der Waals surface area contributed by atoms with E-state index in [1.807, 2.05) is 23.5 Å². The van der Waals surface area contributed by atoms with E-state index in [2.05, 4.69) is 181 Å². The minimum atomic E-state index is 0.864. The first-order valence-electron chi connectivity index (χ1n) is 18.9. The molecule has 3 heterocycles. The highest BCUT2D eigenvalue weighted by Gasteiger charge is 2.24. The summed E-state index contributed by atoms with van der Waals surface area (Å²) in [5.41, 5.74) is 11.9. The summed E-state index contributed by atoms with van der Waals surface area (Å²) in [7, 11) is 0. The quantitative estimate of drug-likeness (QED) is 0.176. The van der Waals surface area contributed by atoms with E-state index in [0.29, 0.717) is 0 Å². The molecule has 2 aromatic heterocycles. The fourth-order valence-corrected chi connectivity index (χ4v) is 9.90. The first kappa shape index (κ1) is 31.2. The second-order valence-corrected chi connectivity index (χ2v) is 15.5. The predicted octanol–water partition coefficient (Wildman–Crippen LogP) is 15.7. The highest BCUT2D eigenvalue weighted by Crippen LogP contribution is 2.50. The van der Waals surface area contributed by atoms with E-state index >= 15 is 0 Å². The summed E-state index contributed by atoms with van der Waals surface area (Å²) in [6.45, 7) is 0. The highest BCUT2D eigenvalue weighted by molar-refractivity contribution is 7.26. The Morgan fingerprint density at radius 3 is 2.05 bits per heavy atom. The van der Waals surface area contributed by atoms with Crippen molar-refractivity contribution in [1.82, 2.24) is 0 Å². The first-order valence-corrected chi connectivity index (χ1v) is 19.7. The second kappa shape index (κ2) is 12.2. The molecule has 0 aliphatic carbocycles. The molecule has 0 unspecified atom stereocenters. The molecule has 11 aromatic rings. The zero-order valence-corrected chi connectivity index (χ0v) is 30.9. The van der Waals surface area contributed by atoms with Crippen molar-refractivity contribution in [1.29, 1.82) is 0 Å². The van der Waals surface area contributed by atoms with Crippen molar-refractivity contribution in [3.8, 4) is 44.9 Å². The number of thiophene rings is 1. The van der Waals surface area contributed by atoms with E-state index in [1.165, 1.54) is 42.2 Å². The molecular formula is C52H31NO2S. The number of hydrogen-bond donors (Lipinski definition) is 0. The molecule has 3 nitrogen and oxygen atoms in total. The fraction of sp³-hybridized carbons (Fsp3) is 0. The van der Waals surface area contributed by atoms with E-state index in [0.717, 1.165) is 72.6 Å². The van der Waals surface area contributed by atoms with E-state index < -0.39 is 0 Å². The van der Waals surface area contributed by atoms with Gasteiger partial charge in [-0.15, -0.1) is 11.3 Å². The number of anilines is 3. The number of nitrogens with zero attached hydrogens (tertiary/aromatic N) is 1. The Bertz CT molecular complexity index is 3360. The molecule has 0 bridgehead atoms. The summed E-state index contributed by atoms with van der Waals surface area (Å²) in [6, 6.07) is 67.2. The molecule has 0 spiro atoms. The molecule has 12 rings (SSSR count). The lowest BCUT2D eigenvalue weighted by Gasteiger charge is -2.27. The molecule has 0 amide bonds. The van der Waals surface area contributed by atoms with Crippen LogP contribution in [0.25, 0.3) is 86.3 Å². The third kappa shape index (κ3) is 4.76. The van der Waals surface area contributed by atoms with Gasteiger partial charge in [0.05, 0.1) is 10.4 Å². The van der Waals surface area contributed by atoms with Crippen LogP contribution in [-0.2, 0) is 0 Å². The standard InChI is InChI=1S/C52H31NO2S/c1-2-11-32(12-3-1)37-27-28-47-51-42(37)17-9-18-43(51)40-25-23-34(30-48(40)55-47)33-13-8-14-35(29-33)53(36-24-26-39-38-15-4-6-21-46(38)54-49(39)31-36)45-20-10-19-44-41-16-5-7-22-50(41)56-52(44)45/h1-31H. The van der Waals surface area contributed by atoms with Crippen molar-refractivity contribution in [2.24, 2.45) is 0 Å². The van der Waals surface area contributed by atoms with Gasteiger partial charge in [-0.05, 0) is 93.9 Å². The van der Waals surface area contributed by atoms with Gasteiger partial charge in [0.1, 0.15) is 22.7 Å². The summed E-state index contributed by atoms with van der Waals surface area (Å²) in [6.07, 6.45) is 0. The average Bonchev–Trinajstić information content (AvgIpc) is 3.83. The molecule has 0 saturated carbocycles. The Kier molecular flexibility index (Phi) is 6.80. The number of fused-ring (bicyclic) bond motifs is 8. The van der Waals surface area contributed by atoms with Gasteiger partial charge in [0, 0.05) is 54.6 Å². The van der Waals surface area contributed by atoms with Gasteiger partial charge in [-0.3, -0.25) is 0 Å². The Labute approximate surface area is 326 Å².